The molecular formula is C50H101NO7P+. The molecule has 0 aliphatic carbocycles. The Balaban J connectivity index is 4.12. The van der Waals surface area contributed by atoms with E-state index in [9.17, 15) is 14.3 Å². The summed E-state index contributed by atoms with van der Waals surface area (Å²) in [4.78, 5) is 23.0. The maximum absolute atomic E-state index is 12.7. The number of unbranched alkanes of at least 4 members (excludes halogenated alkanes) is 32. The summed E-state index contributed by atoms with van der Waals surface area (Å²) in [5.41, 5.74) is 0. The van der Waals surface area contributed by atoms with Gasteiger partial charge in [-0.25, -0.2) is 4.57 Å². The van der Waals surface area contributed by atoms with Crippen molar-refractivity contribution in [3.8, 4) is 0 Å². The van der Waals surface area contributed by atoms with Crippen molar-refractivity contribution in [2.75, 3.05) is 54.1 Å². The molecule has 9 heteroatoms. The molecule has 0 aliphatic heterocycles. The number of carbonyl (C=O) groups is 1. The lowest BCUT2D eigenvalue weighted by Crippen LogP contribution is -2.37. The van der Waals surface area contributed by atoms with Gasteiger partial charge in [-0.2, -0.15) is 0 Å². The number of phosphoric acid groups is 1. The Morgan fingerprint density at radius 3 is 1.29 bits per heavy atom. The molecule has 0 aliphatic rings. The first-order valence-electron chi connectivity index (χ1n) is 25.4. The number of phosphoric ester groups is 1. The minimum Gasteiger partial charge on any atom is -0.457 e. The van der Waals surface area contributed by atoms with Gasteiger partial charge in [0.25, 0.3) is 0 Å². The van der Waals surface area contributed by atoms with Gasteiger partial charge in [-0.3, -0.25) is 13.8 Å². The second kappa shape index (κ2) is 43.9. The third kappa shape index (κ3) is 48.1. The van der Waals surface area contributed by atoms with Gasteiger partial charge < -0.3 is 18.9 Å². The highest BCUT2D eigenvalue weighted by molar-refractivity contribution is 7.47. The second-order valence-corrected chi connectivity index (χ2v) is 20.0. The summed E-state index contributed by atoms with van der Waals surface area (Å²) in [5, 5.41) is 0. The summed E-state index contributed by atoms with van der Waals surface area (Å²) in [7, 11) is 1.68. The van der Waals surface area contributed by atoms with Gasteiger partial charge in [0.2, 0.25) is 0 Å². The first-order chi connectivity index (χ1) is 28.6. The van der Waals surface area contributed by atoms with E-state index in [4.69, 9.17) is 18.5 Å². The van der Waals surface area contributed by atoms with Gasteiger partial charge in [0.1, 0.15) is 19.3 Å². The molecule has 8 nitrogen and oxygen atoms in total. The molecule has 0 amide bonds. The molecule has 2 atom stereocenters. The van der Waals surface area contributed by atoms with Crippen LogP contribution in [0, 0.1) is 0 Å². The number of hydrogen-bond acceptors (Lipinski definition) is 6. The highest BCUT2D eigenvalue weighted by Crippen LogP contribution is 2.43. The Kier molecular flexibility index (Phi) is 43.3. The van der Waals surface area contributed by atoms with E-state index in [-0.39, 0.29) is 25.8 Å². The van der Waals surface area contributed by atoms with Crippen molar-refractivity contribution in [1.82, 2.24) is 0 Å². The average Bonchev–Trinajstić information content (AvgIpc) is 3.19. The van der Waals surface area contributed by atoms with Gasteiger partial charge in [0.15, 0.2) is 0 Å². The summed E-state index contributed by atoms with van der Waals surface area (Å²) in [5.74, 6) is -0.308. The Hall–Kier alpha value is -0.760. The summed E-state index contributed by atoms with van der Waals surface area (Å²) in [6, 6.07) is 0. The zero-order valence-electron chi connectivity index (χ0n) is 40.0. The molecule has 59 heavy (non-hydrogen) atoms. The van der Waals surface area contributed by atoms with Crippen LogP contribution in [0.3, 0.4) is 0 Å². The minimum absolute atomic E-state index is 0.0916. The molecular weight excluding hydrogens is 758 g/mol. The number of hydrogen-bond donors (Lipinski definition) is 1. The van der Waals surface area contributed by atoms with Crippen LogP contribution in [0.15, 0.2) is 12.2 Å². The molecule has 0 fully saturated rings. The first-order valence-corrected chi connectivity index (χ1v) is 26.9. The molecule has 0 aromatic carbocycles. The normalized spacial score (nSPS) is 13.7. The lowest BCUT2D eigenvalue weighted by atomic mass is 10.0. The number of esters is 1. The molecule has 1 N–H and O–H groups in total. The van der Waals surface area contributed by atoms with Crippen molar-refractivity contribution in [3.63, 3.8) is 0 Å². The maximum atomic E-state index is 12.7. The molecule has 0 rings (SSSR count). The molecule has 2 unspecified atom stereocenters. The molecule has 0 saturated carbocycles. The number of ether oxygens (including phenoxy) is 2. The molecule has 0 saturated heterocycles. The Labute approximate surface area is 367 Å². The Bertz CT molecular complexity index is 956. The monoisotopic (exact) mass is 859 g/mol. The van der Waals surface area contributed by atoms with E-state index < -0.39 is 13.9 Å². The highest BCUT2D eigenvalue weighted by Gasteiger charge is 2.26. The van der Waals surface area contributed by atoms with Crippen molar-refractivity contribution >= 4 is 13.8 Å². The third-order valence-electron chi connectivity index (χ3n) is 11.3. The van der Waals surface area contributed by atoms with Crippen LogP contribution in [0.5, 0.6) is 0 Å². The van der Waals surface area contributed by atoms with Crippen LogP contribution in [0.2, 0.25) is 0 Å². The van der Waals surface area contributed by atoms with E-state index in [0.717, 1.165) is 32.1 Å². The van der Waals surface area contributed by atoms with Crippen LogP contribution >= 0.6 is 7.82 Å². The smallest absolute Gasteiger partial charge is 0.457 e. The van der Waals surface area contributed by atoms with Crippen LogP contribution in [0.1, 0.15) is 245 Å². The zero-order valence-corrected chi connectivity index (χ0v) is 40.9. The topological polar surface area (TPSA) is 91.3 Å². The van der Waals surface area contributed by atoms with Crippen molar-refractivity contribution in [1.29, 1.82) is 0 Å². The summed E-state index contributed by atoms with van der Waals surface area (Å²) in [6.07, 6.45) is 49.6. The van der Waals surface area contributed by atoms with Gasteiger partial charge in [-0.05, 0) is 38.5 Å². The van der Waals surface area contributed by atoms with Gasteiger partial charge in [0.05, 0.1) is 34.4 Å². The fourth-order valence-corrected chi connectivity index (χ4v) is 8.11. The molecule has 352 valence electrons. The van der Waals surface area contributed by atoms with Gasteiger partial charge in [-0.15, -0.1) is 0 Å². The number of carbonyl (C=O) groups excluding carboxylic acids is 1. The number of allylic oxidation sites excluding steroid dienone is 2. The van der Waals surface area contributed by atoms with E-state index in [1.165, 1.54) is 193 Å². The molecule has 0 aromatic heterocycles. The Morgan fingerprint density at radius 1 is 0.508 bits per heavy atom. The van der Waals surface area contributed by atoms with Crippen LogP contribution in [-0.2, 0) is 27.9 Å². The average molecular weight is 859 g/mol. The van der Waals surface area contributed by atoms with E-state index in [0.29, 0.717) is 24.1 Å². The minimum atomic E-state index is -4.27. The molecule has 0 spiro atoms. The second-order valence-electron chi connectivity index (χ2n) is 18.6. The fraction of sp³-hybridized carbons (Fsp3) is 0.940. The maximum Gasteiger partial charge on any atom is 0.472 e. The van der Waals surface area contributed by atoms with E-state index in [2.05, 4.69) is 26.0 Å². The van der Waals surface area contributed by atoms with Gasteiger partial charge in [0, 0.05) is 13.0 Å². The molecule has 0 heterocycles. The molecule has 0 aromatic rings. The molecule has 0 radical (unpaired) electrons. The number of nitrogens with zero attached hydrogens (tertiary/aromatic N) is 1. The van der Waals surface area contributed by atoms with Crippen LogP contribution in [0.4, 0.5) is 0 Å². The van der Waals surface area contributed by atoms with E-state index in [1.807, 2.05) is 21.1 Å². The highest BCUT2D eigenvalue weighted by atomic mass is 31.2. The van der Waals surface area contributed by atoms with E-state index >= 15 is 0 Å². The van der Waals surface area contributed by atoms with Gasteiger partial charge in [-0.1, -0.05) is 212 Å². The van der Waals surface area contributed by atoms with Crippen LogP contribution in [-0.4, -0.2) is 75.6 Å². The van der Waals surface area contributed by atoms with Crippen molar-refractivity contribution in [2.24, 2.45) is 0 Å². The lowest BCUT2D eigenvalue weighted by molar-refractivity contribution is -0.870. The first kappa shape index (κ1) is 58.2. The Morgan fingerprint density at radius 2 is 0.881 bits per heavy atom. The van der Waals surface area contributed by atoms with Crippen molar-refractivity contribution < 1.29 is 37.3 Å². The number of quaternary nitrogens is 1. The zero-order chi connectivity index (χ0) is 43.4. The summed E-state index contributed by atoms with van der Waals surface area (Å²) in [6.45, 7) is 5.67. The molecule has 0 bridgehead atoms. The third-order valence-corrected chi connectivity index (χ3v) is 12.3. The predicted octanol–water partition coefficient (Wildman–Crippen LogP) is 15.4. The van der Waals surface area contributed by atoms with Crippen LogP contribution < -0.4 is 0 Å². The van der Waals surface area contributed by atoms with E-state index in [1.54, 1.807) is 0 Å². The fourth-order valence-electron chi connectivity index (χ4n) is 7.37. The van der Waals surface area contributed by atoms with Gasteiger partial charge >= 0.3 is 13.8 Å². The number of rotatable bonds is 48. The SMILES string of the molecule is CCCCCCCCC/C=C\CCCCCCCCCCOCC(COP(=O)(O)OCC[N+](C)(C)C)OC(=O)CCCCCCCCCCCCCCCCCCCC. The predicted molar refractivity (Wildman–Crippen MR) is 252 cm³/mol. The quantitative estimate of drug-likeness (QED) is 0.0214. The van der Waals surface area contributed by atoms with Crippen molar-refractivity contribution in [3.05, 3.63) is 12.2 Å². The van der Waals surface area contributed by atoms with Crippen LogP contribution in [0.25, 0.3) is 0 Å². The summed E-state index contributed by atoms with van der Waals surface area (Å²) >= 11 is 0. The number of likely N-dealkylation sites (N-methyl/N-ethyl adjacent to an activating group) is 1. The lowest BCUT2D eigenvalue weighted by Gasteiger charge is -2.24. The van der Waals surface area contributed by atoms with Crippen molar-refractivity contribution in [2.45, 2.75) is 251 Å². The summed E-state index contributed by atoms with van der Waals surface area (Å²) < 4.78 is 35.1. The largest absolute Gasteiger partial charge is 0.472 e. The standard InChI is InChI=1S/C50H100NO7P/c1-6-8-10-12-14-16-18-20-22-24-26-28-30-32-34-36-38-40-42-45-55-47-49(48-57-59(53,54)56-46-44-51(3,4)5)58-50(52)43-41-39-37-35-33-31-29-27-25-23-21-19-17-15-13-11-9-7-2/h22,24,49H,6-21,23,25-48H2,1-5H3/p+1/b24-22-.